The Morgan fingerprint density at radius 2 is 2.06 bits per heavy atom. The molecular weight excluding hydrogens is 296 g/mol. The van der Waals surface area contributed by atoms with Crippen molar-refractivity contribution in [2.75, 3.05) is 18.9 Å². The second-order valence-electron chi connectivity index (χ2n) is 6.02. The van der Waals surface area contributed by atoms with Crippen molar-refractivity contribution in [3.05, 3.63) is 0 Å². The molecule has 0 radical (unpaired) electrons. The minimum absolute atomic E-state index is 0.556. The van der Waals surface area contributed by atoms with Gasteiger partial charge in [-0.15, -0.1) is 0 Å². The second-order valence-corrected chi connectivity index (χ2v) is 7.94. The third kappa shape index (κ3) is 3.40. The Morgan fingerprint density at radius 3 is 2.59 bits per heavy atom. The summed E-state index contributed by atoms with van der Waals surface area (Å²) < 4.78 is 0. The summed E-state index contributed by atoms with van der Waals surface area (Å²) in [5.41, 5.74) is 0.556. The maximum absolute atomic E-state index is 4.67. The number of amidine groups is 1. The molecule has 0 amide bonds. The predicted octanol–water partition coefficient (Wildman–Crippen LogP) is 3.75. The minimum Gasteiger partial charge on any atom is -0.352 e. The fourth-order valence-corrected chi connectivity index (χ4v) is 4.18. The Labute approximate surface area is 118 Å². The van der Waals surface area contributed by atoms with Gasteiger partial charge in [-0.25, -0.2) is 0 Å². The molecule has 1 saturated carbocycles. The van der Waals surface area contributed by atoms with Crippen LogP contribution in [0, 0.1) is 5.41 Å². The first kappa shape index (κ1) is 13.7. The fraction of sp³-hybridized carbons (Fsp3) is 0.923. The van der Waals surface area contributed by atoms with E-state index in [0.717, 1.165) is 11.9 Å². The van der Waals surface area contributed by atoms with Crippen molar-refractivity contribution in [2.24, 2.45) is 10.4 Å². The summed E-state index contributed by atoms with van der Waals surface area (Å²) in [7, 11) is 2.23. The molecule has 0 spiro atoms. The predicted molar refractivity (Wildman–Crippen MR) is 81.3 cm³/mol. The molecule has 0 aromatic carbocycles. The van der Waals surface area contributed by atoms with Crippen molar-refractivity contribution in [1.82, 2.24) is 4.90 Å². The quantitative estimate of drug-likeness (QED) is 0.720. The number of nitrogens with zero attached hydrogens (tertiary/aromatic N) is 2. The summed E-state index contributed by atoms with van der Waals surface area (Å²) in [5.74, 6) is 0. The average molecular weight is 319 g/mol. The molecule has 1 heterocycles. The van der Waals surface area contributed by atoms with Gasteiger partial charge in [0.15, 0.2) is 5.17 Å². The van der Waals surface area contributed by atoms with Crippen LogP contribution >= 0.6 is 27.7 Å². The summed E-state index contributed by atoms with van der Waals surface area (Å²) >= 11 is 5.49. The molecule has 0 bridgehead atoms. The molecule has 0 saturated heterocycles. The Balaban J connectivity index is 1.87. The minimum atomic E-state index is 0.556. The zero-order valence-electron chi connectivity index (χ0n) is 11.1. The number of halogens is 1. The van der Waals surface area contributed by atoms with E-state index in [1.807, 2.05) is 11.8 Å². The van der Waals surface area contributed by atoms with Gasteiger partial charge >= 0.3 is 0 Å². The molecule has 2 aliphatic rings. The first-order valence-electron chi connectivity index (χ1n) is 6.52. The van der Waals surface area contributed by atoms with Gasteiger partial charge in [-0.1, -0.05) is 41.5 Å². The Hall–Kier alpha value is 0.300. The van der Waals surface area contributed by atoms with Crippen molar-refractivity contribution in [3.8, 4) is 0 Å². The van der Waals surface area contributed by atoms with Gasteiger partial charge in [0, 0.05) is 23.7 Å². The first-order chi connectivity index (χ1) is 8.02. The van der Waals surface area contributed by atoms with Gasteiger partial charge in [-0.05, 0) is 31.1 Å². The number of rotatable bonds is 2. The SMILES string of the molecule is CN(C1=NCC(CBr)S1)C1CCC(C)(C)CC1. The van der Waals surface area contributed by atoms with Gasteiger partial charge in [0.05, 0.1) is 6.54 Å². The number of thioether (sulfide) groups is 1. The second kappa shape index (κ2) is 5.52. The largest absolute Gasteiger partial charge is 0.352 e. The van der Waals surface area contributed by atoms with Gasteiger partial charge in [-0.3, -0.25) is 4.99 Å². The van der Waals surface area contributed by atoms with E-state index in [0.29, 0.717) is 16.7 Å². The van der Waals surface area contributed by atoms with E-state index in [1.165, 1.54) is 30.9 Å². The monoisotopic (exact) mass is 318 g/mol. The lowest BCUT2D eigenvalue weighted by Gasteiger charge is -2.39. The van der Waals surface area contributed by atoms with Crippen molar-refractivity contribution in [3.63, 3.8) is 0 Å². The van der Waals surface area contributed by atoms with E-state index < -0.39 is 0 Å². The van der Waals surface area contributed by atoms with Gasteiger partial charge < -0.3 is 4.90 Å². The maximum Gasteiger partial charge on any atom is 0.159 e. The topological polar surface area (TPSA) is 15.6 Å². The van der Waals surface area contributed by atoms with Gasteiger partial charge in [0.25, 0.3) is 0 Å². The fourth-order valence-electron chi connectivity index (χ4n) is 2.61. The zero-order chi connectivity index (χ0) is 12.5. The zero-order valence-corrected chi connectivity index (χ0v) is 13.5. The highest BCUT2D eigenvalue weighted by molar-refractivity contribution is 9.09. The van der Waals surface area contributed by atoms with Gasteiger partial charge in [0.1, 0.15) is 0 Å². The highest BCUT2D eigenvalue weighted by Crippen LogP contribution is 2.38. The molecule has 4 heteroatoms. The van der Waals surface area contributed by atoms with E-state index in [2.05, 4.69) is 46.7 Å². The Bertz CT molecular complexity index is 294. The summed E-state index contributed by atoms with van der Waals surface area (Å²) in [6, 6.07) is 0.711. The number of aliphatic imine (C=N–C) groups is 1. The number of hydrogen-bond acceptors (Lipinski definition) is 3. The van der Waals surface area contributed by atoms with Gasteiger partial charge in [-0.2, -0.15) is 0 Å². The molecule has 2 nitrogen and oxygen atoms in total. The van der Waals surface area contributed by atoms with Crippen LogP contribution in [0.3, 0.4) is 0 Å². The molecule has 1 aliphatic carbocycles. The molecular formula is C13H23BrN2S. The maximum atomic E-state index is 4.67. The van der Waals surface area contributed by atoms with E-state index >= 15 is 0 Å². The number of alkyl halides is 1. The van der Waals surface area contributed by atoms with Crippen LogP contribution in [0.15, 0.2) is 4.99 Å². The van der Waals surface area contributed by atoms with Crippen molar-refractivity contribution < 1.29 is 0 Å². The lowest BCUT2D eigenvalue weighted by molar-refractivity contribution is 0.171. The van der Waals surface area contributed by atoms with Crippen molar-refractivity contribution in [1.29, 1.82) is 0 Å². The number of hydrogen-bond donors (Lipinski definition) is 0. The Kier molecular flexibility index (Phi) is 4.45. The van der Waals surface area contributed by atoms with Crippen LogP contribution in [-0.2, 0) is 0 Å². The van der Waals surface area contributed by atoms with Crippen molar-refractivity contribution >= 4 is 32.9 Å². The normalized spacial score (nSPS) is 29.2. The molecule has 1 aliphatic heterocycles. The lowest BCUT2D eigenvalue weighted by atomic mass is 9.75. The van der Waals surface area contributed by atoms with Crippen LogP contribution in [0.2, 0.25) is 0 Å². The van der Waals surface area contributed by atoms with Crippen LogP contribution in [0.5, 0.6) is 0 Å². The third-order valence-corrected chi connectivity index (χ3v) is 6.52. The summed E-state index contributed by atoms with van der Waals surface area (Å²) in [6.07, 6.45) is 5.34. The van der Waals surface area contributed by atoms with Crippen LogP contribution in [0.1, 0.15) is 39.5 Å². The van der Waals surface area contributed by atoms with Gasteiger partial charge in [0.2, 0.25) is 0 Å². The molecule has 2 rings (SSSR count). The molecule has 17 heavy (non-hydrogen) atoms. The molecule has 0 N–H and O–H groups in total. The highest BCUT2D eigenvalue weighted by atomic mass is 79.9. The average Bonchev–Trinajstić information content (AvgIpc) is 2.76. The van der Waals surface area contributed by atoms with E-state index in [-0.39, 0.29) is 0 Å². The summed E-state index contributed by atoms with van der Waals surface area (Å²) in [6.45, 7) is 5.77. The van der Waals surface area contributed by atoms with E-state index in [4.69, 9.17) is 0 Å². The smallest absolute Gasteiger partial charge is 0.159 e. The third-order valence-electron chi connectivity index (χ3n) is 4.03. The van der Waals surface area contributed by atoms with Crippen LogP contribution < -0.4 is 0 Å². The van der Waals surface area contributed by atoms with E-state index in [1.54, 1.807) is 0 Å². The van der Waals surface area contributed by atoms with Crippen molar-refractivity contribution in [2.45, 2.75) is 50.8 Å². The molecule has 1 unspecified atom stereocenters. The molecule has 1 atom stereocenters. The Morgan fingerprint density at radius 1 is 1.41 bits per heavy atom. The lowest BCUT2D eigenvalue weighted by Crippen LogP contribution is -2.39. The summed E-state index contributed by atoms with van der Waals surface area (Å²) in [4.78, 5) is 7.11. The van der Waals surface area contributed by atoms with Crippen LogP contribution in [0.25, 0.3) is 0 Å². The van der Waals surface area contributed by atoms with E-state index in [9.17, 15) is 0 Å². The summed E-state index contributed by atoms with van der Waals surface area (Å²) in [5, 5.41) is 2.96. The first-order valence-corrected chi connectivity index (χ1v) is 8.52. The molecule has 0 aromatic rings. The van der Waals surface area contributed by atoms with Crippen LogP contribution in [-0.4, -0.2) is 40.3 Å². The standard InChI is InChI=1S/C13H23BrN2S/c1-13(2)6-4-10(5-7-13)16(3)12-15-9-11(8-14)17-12/h10-11H,4-9H2,1-3H3. The molecule has 98 valence electrons. The molecule has 1 fully saturated rings. The molecule has 0 aromatic heterocycles. The highest BCUT2D eigenvalue weighted by Gasteiger charge is 2.31. The van der Waals surface area contributed by atoms with Crippen LogP contribution in [0.4, 0.5) is 0 Å².